The minimum absolute atomic E-state index is 0.0103. The fourth-order valence-electron chi connectivity index (χ4n) is 2.69. The second kappa shape index (κ2) is 7.82. The van der Waals surface area contributed by atoms with Crippen LogP contribution in [-0.2, 0) is 9.53 Å². The highest BCUT2D eigenvalue weighted by Gasteiger charge is 2.20. The summed E-state index contributed by atoms with van der Waals surface area (Å²) in [5, 5.41) is 12.2. The van der Waals surface area contributed by atoms with E-state index in [1.165, 1.54) is 37.5 Å². The number of esters is 1. The summed E-state index contributed by atoms with van der Waals surface area (Å²) < 4.78 is 5.13. The Labute approximate surface area is 130 Å². The maximum absolute atomic E-state index is 12.0. The third-order valence-corrected chi connectivity index (χ3v) is 4.02. The first-order chi connectivity index (χ1) is 10.6. The Hall–Kier alpha value is -2.04. The molecule has 22 heavy (non-hydrogen) atoms. The molecule has 1 saturated carbocycles. The number of amides is 1. The zero-order chi connectivity index (χ0) is 15.9. The molecule has 0 bridgehead atoms. The highest BCUT2D eigenvalue weighted by Crippen LogP contribution is 2.22. The van der Waals surface area contributed by atoms with Gasteiger partial charge in [-0.3, -0.25) is 4.79 Å². The molecule has 0 spiro atoms. The summed E-state index contributed by atoms with van der Waals surface area (Å²) in [4.78, 5) is 23.9. The molecule has 1 amide bonds. The lowest BCUT2D eigenvalue weighted by molar-refractivity contribution is -0.129. The first-order valence-electron chi connectivity index (χ1n) is 7.84. The van der Waals surface area contributed by atoms with Crippen LogP contribution in [0.2, 0.25) is 0 Å². The summed E-state index contributed by atoms with van der Waals surface area (Å²) in [5.41, 5.74) is 0.229. The molecule has 5 nitrogen and oxygen atoms in total. The van der Waals surface area contributed by atoms with Crippen LogP contribution >= 0.6 is 0 Å². The lowest BCUT2D eigenvalue weighted by Crippen LogP contribution is -2.38. The first kappa shape index (κ1) is 16.3. The van der Waals surface area contributed by atoms with Gasteiger partial charge in [-0.25, -0.2) is 4.79 Å². The van der Waals surface area contributed by atoms with Crippen molar-refractivity contribution in [1.82, 2.24) is 5.32 Å². The standard InChI is InChI=1S/C17H23NO4/c1-12(16(20)18-11-13-6-3-2-4-7-13)22-17(21)14-8-5-9-15(19)10-14/h5,8-10,12-13,19H,2-4,6-7,11H2,1H3,(H,18,20)/t12-/m1/s1. The molecular weight excluding hydrogens is 282 g/mol. The molecule has 0 saturated heterocycles. The third kappa shape index (κ3) is 4.76. The summed E-state index contributed by atoms with van der Waals surface area (Å²) in [6.45, 7) is 2.20. The van der Waals surface area contributed by atoms with Crippen molar-refractivity contribution >= 4 is 11.9 Å². The monoisotopic (exact) mass is 305 g/mol. The van der Waals surface area contributed by atoms with E-state index in [9.17, 15) is 14.7 Å². The van der Waals surface area contributed by atoms with Crippen molar-refractivity contribution in [2.45, 2.75) is 45.1 Å². The van der Waals surface area contributed by atoms with Gasteiger partial charge in [-0.05, 0) is 43.9 Å². The number of nitrogens with one attached hydrogen (secondary N) is 1. The van der Waals surface area contributed by atoms with E-state index in [4.69, 9.17) is 4.74 Å². The molecule has 1 aliphatic carbocycles. The van der Waals surface area contributed by atoms with Crippen LogP contribution in [0.3, 0.4) is 0 Å². The van der Waals surface area contributed by atoms with Crippen LogP contribution in [0.25, 0.3) is 0 Å². The Morgan fingerprint density at radius 1 is 1.32 bits per heavy atom. The summed E-state index contributed by atoms with van der Waals surface area (Å²) in [5.74, 6) is -0.370. The SMILES string of the molecule is C[C@@H](OC(=O)c1cccc(O)c1)C(=O)NCC1CCCCC1. The predicted octanol–water partition coefficient (Wildman–Crippen LogP) is 2.63. The third-order valence-electron chi connectivity index (χ3n) is 4.02. The van der Waals surface area contributed by atoms with E-state index in [-0.39, 0.29) is 17.2 Å². The zero-order valence-corrected chi connectivity index (χ0v) is 12.9. The molecular formula is C17H23NO4. The highest BCUT2D eigenvalue weighted by atomic mass is 16.5. The van der Waals surface area contributed by atoms with Crippen LogP contribution < -0.4 is 5.32 Å². The number of hydrogen-bond acceptors (Lipinski definition) is 4. The Kier molecular flexibility index (Phi) is 5.81. The number of benzene rings is 1. The summed E-state index contributed by atoms with van der Waals surface area (Å²) >= 11 is 0. The Morgan fingerprint density at radius 2 is 2.05 bits per heavy atom. The smallest absolute Gasteiger partial charge is 0.339 e. The van der Waals surface area contributed by atoms with E-state index >= 15 is 0 Å². The first-order valence-corrected chi connectivity index (χ1v) is 7.84. The van der Waals surface area contributed by atoms with Crippen LogP contribution in [0, 0.1) is 5.92 Å². The number of ether oxygens (including phenoxy) is 1. The second-order valence-corrected chi connectivity index (χ2v) is 5.85. The van der Waals surface area contributed by atoms with E-state index < -0.39 is 12.1 Å². The molecule has 1 fully saturated rings. The average Bonchev–Trinajstić information content (AvgIpc) is 2.53. The van der Waals surface area contributed by atoms with Gasteiger partial charge in [0.2, 0.25) is 0 Å². The van der Waals surface area contributed by atoms with Gasteiger partial charge in [0.15, 0.2) is 6.10 Å². The number of rotatable bonds is 5. The van der Waals surface area contributed by atoms with Crippen molar-refractivity contribution in [3.63, 3.8) is 0 Å². The number of phenols is 1. The van der Waals surface area contributed by atoms with E-state index in [1.807, 2.05) is 0 Å². The molecule has 2 N–H and O–H groups in total. The van der Waals surface area contributed by atoms with Crippen molar-refractivity contribution in [2.24, 2.45) is 5.92 Å². The van der Waals surface area contributed by atoms with Crippen molar-refractivity contribution in [2.75, 3.05) is 6.54 Å². The van der Waals surface area contributed by atoms with Gasteiger partial charge < -0.3 is 15.2 Å². The van der Waals surface area contributed by atoms with Crippen molar-refractivity contribution in [1.29, 1.82) is 0 Å². The lowest BCUT2D eigenvalue weighted by Gasteiger charge is -2.22. The number of carbonyl (C=O) groups is 2. The van der Waals surface area contributed by atoms with Crippen molar-refractivity contribution < 1.29 is 19.4 Å². The van der Waals surface area contributed by atoms with Gasteiger partial charge in [0.25, 0.3) is 5.91 Å². The van der Waals surface area contributed by atoms with Gasteiger partial charge >= 0.3 is 5.97 Å². The number of hydrogen-bond donors (Lipinski definition) is 2. The second-order valence-electron chi connectivity index (χ2n) is 5.85. The van der Waals surface area contributed by atoms with E-state index in [0.717, 1.165) is 12.8 Å². The number of phenolic OH excluding ortho intramolecular Hbond substituents is 1. The minimum Gasteiger partial charge on any atom is -0.508 e. The van der Waals surface area contributed by atoms with Crippen LogP contribution in [0.15, 0.2) is 24.3 Å². The van der Waals surface area contributed by atoms with Gasteiger partial charge in [0, 0.05) is 6.54 Å². The van der Waals surface area contributed by atoms with Crippen LogP contribution in [0.4, 0.5) is 0 Å². The Bertz CT molecular complexity index is 523. The molecule has 0 aliphatic heterocycles. The summed E-state index contributed by atoms with van der Waals surface area (Å²) in [6, 6.07) is 5.88. The normalized spacial score (nSPS) is 16.8. The summed E-state index contributed by atoms with van der Waals surface area (Å²) in [7, 11) is 0. The maximum Gasteiger partial charge on any atom is 0.339 e. The molecule has 0 aromatic heterocycles. The molecule has 5 heteroatoms. The molecule has 2 rings (SSSR count). The molecule has 1 aliphatic rings. The maximum atomic E-state index is 12.0. The predicted molar refractivity (Wildman–Crippen MR) is 82.6 cm³/mol. The molecule has 1 aromatic carbocycles. The summed E-state index contributed by atoms with van der Waals surface area (Å²) in [6.07, 6.45) is 5.18. The van der Waals surface area contributed by atoms with Crippen molar-refractivity contribution in [3.05, 3.63) is 29.8 Å². The van der Waals surface area contributed by atoms with Gasteiger partial charge in [0.05, 0.1) is 5.56 Å². The Morgan fingerprint density at radius 3 is 2.73 bits per heavy atom. The Balaban J connectivity index is 1.79. The van der Waals surface area contributed by atoms with Gasteiger partial charge in [-0.2, -0.15) is 0 Å². The molecule has 0 heterocycles. The molecule has 0 radical (unpaired) electrons. The molecule has 1 aromatic rings. The fraction of sp³-hybridized carbons (Fsp3) is 0.529. The van der Waals surface area contributed by atoms with Crippen molar-refractivity contribution in [3.8, 4) is 5.75 Å². The quantitative estimate of drug-likeness (QED) is 0.820. The lowest BCUT2D eigenvalue weighted by atomic mass is 9.89. The minimum atomic E-state index is -0.849. The van der Waals surface area contributed by atoms with Crippen LogP contribution in [-0.4, -0.2) is 29.6 Å². The van der Waals surface area contributed by atoms with E-state index in [2.05, 4.69) is 5.32 Å². The average molecular weight is 305 g/mol. The zero-order valence-electron chi connectivity index (χ0n) is 12.9. The largest absolute Gasteiger partial charge is 0.508 e. The highest BCUT2D eigenvalue weighted by molar-refractivity contribution is 5.92. The van der Waals surface area contributed by atoms with E-state index in [1.54, 1.807) is 13.0 Å². The van der Waals surface area contributed by atoms with Gasteiger partial charge in [0.1, 0.15) is 5.75 Å². The topological polar surface area (TPSA) is 75.6 Å². The number of carbonyl (C=O) groups excluding carboxylic acids is 2. The molecule has 120 valence electrons. The van der Waals surface area contributed by atoms with Crippen LogP contribution in [0.1, 0.15) is 49.4 Å². The van der Waals surface area contributed by atoms with Crippen LogP contribution in [0.5, 0.6) is 5.75 Å². The number of aromatic hydroxyl groups is 1. The van der Waals surface area contributed by atoms with Gasteiger partial charge in [-0.1, -0.05) is 25.3 Å². The van der Waals surface area contributed by atoms with E-state index in [0.29, 0.717) is 12.5 Å². The van der Waals surface area contributed by atoms with Gasteiger partial charge in [-0.15, -0.1) is 0 Å². The molecule has 0 unspecified atom stereocenters. The fourth-order valence-corrected chi connectivity index (χ4v) is 2.69. The molecule has 1 atom stereocenters.